The van der Waals surface area contributed by atoms with Crippen molar-refractivity contribution in [3.05, 3.63) is 27.9 Å². The Labute approximate surface area is 93.3 Å². The maximum absolute atomic E-state index is 10.8. The van der Waals surface area contributed by atoms with Gasteiger partial charge < -0.3 is 14.6 Å². The van der Waals surface area contributed by atoms with Crippen molar-refractivity contribution in [2.75, 3.05) is 0 Å². The Morgan fingerprint density at radius 2 is 2.13 bits per heavy atom. The molecule has 2 aromatic rings. The zero-order valence-electron chi connectivity index (χ0n) is 7.74. The third kappa shape index (κ3) is 1.48. The first-order valence-corrected chi connectivity index (χ1v) is 4.95. The Morgan fingerprint density at radius 3 is 2.73 bits per heavy atom. The van der Waals surface area contributed by atoms with Crippen LogP contribution >= 0.6 is 15.9 Å². The van der Waals surface area contributed by atoms with Crippen LogP contribution in [0, 0.1) is 6.92 Å². The Hall–Kier alpha value is -1.49. The standard InChI is InChI=1S/C10H7BrO4/c1-4-2-5-7(15-4)3-6(10(13)14)9(12)8(5)11/h2-3,12H,1H3,(H,13,14). The highest BCUT2D eigenvalue weighted by Gasteiger charge is 2.17. The first kappa shape index (κ1) is 10.0. The van der Waals surface area contributed by atoms with E-state index in [9.17, 15) is 9.90 Å². The van der Waals surface area contributed by atoms with Gasteiger partial charge in [0.05, 0.1) is 4.47 Å². The van der Waals surface area contributed by atoms with Crippen molar-refractivity contribution in [1.29, 1.82) is 0 Å². The highest BCUT2D eigenvalue weighted by atomic mass is 79.9. The van der Waals surface area contributed by atoms with Crippen molar-refractivity contribution in [2.45, 2.75) is 6.92 Å². The van der Waals surface area contributed by atoms with Gasteiger partial charge in [-0.1, -0.05) is 0 Å². The fourth-order valence-electron chi connectivity index (χ4n) is 1.42. The zero-order valence-corrected chi connectivity index (χ0v) is 9.33. The average molecular weight is 271 g/mol. The van der Waals surface area contributed by atoms with Gasteiger partial charge in [-0.05, 0) is 35.0 Å². The van der Waals surface area contributed by atoms with Crippen LogP contribution in [0.5, 0.6) is 5.75 Å². The van der Waals surface area contributed by atoms with E-state index in [-0.39, 0.29) is 11.3 Å². The summed E-state index contributed by atoms with van der Waals surface area (Å²) in [5, 5.41) is 19.1. The minimum atomic E-state index is -1.19. The molecule has 1 aromatic heterocycles. The van der Waals surface area contributed by atoms with Crippen molar-refractivity contribution in [3.63, 3.8) is 0 Å². The first-order chi connectivity index (χ1) is 7.00. The van der Waals surface area contributed by atoms with Crippen molar-refractivity contribution >= 4 is 32.9 Å². The molecule has 0 aliphatic heterocycles. The molecule has 2 rings (SSSR count). The summed E-state index contributed by atoms with van der Waals surface area (Å²) in [4.78, 5) is 10.8. The van der Waals surface area contributed by atoms with E-state index in [1.54, 1.807) is 13.0 Å². The molecule has 0 radical (unpaired) electrons. The maximum atomic E-state index is 10.8. The molecule has 78 valence electrons. The predicted molar refractivity (Wildman–Crippen MR) is 57.3 cm³/mol. The summed E-state index contributed by atoms with van der Waals surface area (Å²) in [5.74, 6) is -0.812. The molecule has 0 bridgehead atoms. The second-order valence-corrected chi connectivity index (χ2v) is 3.95. The number of benzene rings is 1. The Bertz CT molecular complexity index is 556. The summed E-state index contributed by atoms with van der Waals surface area (Å²) in [7, 11) is 0. The van der Waals surface area contributed by atoms with Crippen molar-refractivity contribution in [1.82, 2.24) is 0 Å². The fourth-order valence-corrected chi connectivity index (χ4v) is 1.94. The summed E-state index contributed by atoms with van der Waals surface area (Å²) >= 11 is 3.14. The van der Waals surface area contributed by atoms with Crippen LogP contribution in [-0.4, -0.2) is 16.2 Å². The molecule has 0 unspecified atom stereocenters. The average Bonchev–Trinajstić information content (AvgIpc) is 2.52. The number of carboxylic acids is 1. The van der Waals surface area contributed by atoms with E-state index < -0.39 is 5.97 Å². The molecule has 0 fully saturated rings. The van der Waals surface area contributed by atoms with Gasteiger partial charge in [-0.15, -0.1) is 0 Å². The van der Waals surface area contributed by atoms with Crippen LogP contribution < -0.4 is 0 Å². The van der Waals surface area contributed by atoms with Crippen LogP contribution in [0.15, 0.2) is 21.0 Å². The van der Waals surface area contributed by atoms with Crippen molar-refractivity contribution in [3.8, 4) is 5.75 Å². The van der Waals surface area contributed by atoms with E-state index in [2.05, 4.69) is 15.9 Å². The maximum Gasteiger partial charge on any atom is 0.339 e. The predicted octanol–water partition coefficient (Wildman–Crippen LogP) is 2.91. The van der Waals surface area contributed by atoms with Crippen LogP contribution in [0.1, 0.15) is 16.1 Å². The van der Waals surface area contributed by atoms with Crippen LogP contribution in [0.25, 0.3) is 11.0 Å². The number of hydrogen-bond acceptors (Lipinski definition) is 3. The van der Waals surface area contributed by atoms with Crippen LogP contribution in [-0.2, 0) is 0 Å². The lowest BCUT2D eigenvalue weighted by Gasteiger charge is -2.02. The smallest absolute Gasteiger partial charge is 0.339 e. The van der Waals surface area contributed by atoms with E-state index in [1.807, 2.05) is 0 Å². The van der Waals surface area contributed by atoms with E-state index in [1.165, 1.54) is 6.07 Å². The molecule has 0 amide bonds. The van der Waals surface area contributed by atoms with Crippen molar-refractivity contribution in [2.24, 2.45) is 0 Å². The molecule has 0 aliphatic carbocycles. The quantitative estimate of drug-likeness (QED) is 0.836. The van der Waals surface area contributed by atoms with Gasteiger partial charge in [-0.3, -0.25) is 0 Å². The summed E-state index contributed by atoms with van der Waals surface area (Å²) in [6.45, 7) is 1.75. The van der Waals surface area contributed by atoms with Gasteiger partial charge in [0.1, 0.15) is 22.7 Å². The highest BCUT2D eigenvalue weighted by molar-refractivity contribution is 9.10. The number of hydrogen-bond donors (Lipinski definition) is 2. The molecule has 0 aliphatic rings. The minimum absolute atomic E-state index is 0.177. The Kier molecular flexibility index (Phi) is 2.19. The summed E-state index contributed by atoms with van der Waals surface area (Å²) in [6.07, 6.45) is 0. The number of aryl methyl sites for hydroxylation is 1. The van der Waals surface area contributed by atoms with Gasteiger partial charge in [0.2, 0.25) is 0 Å². The Morgan fingerprint density at radius 1 is 1.47 bits per heavy atom. The number of fused-ring (bicyclic) bond motifs is 1. The lowest BCUT2D eigenvalue weighted by Crippen LogP contribution is -1.96. The molecule has 0 saturated heterocycles. The van der Waals surface area contributed by atoms with E-state index in [0.717, 1.165) is 0 Å². The molecular formula is C10H7BrO4. The van der Waals surface area contributed by atoms with Gasteiger partial charge in [0, 0.05) is 5.39 Å². The monoisotopic (exact) mass is 270 g/mol. The van der Waals surface area contributed by atoms with Gasteiger partial charge >= 0.3 is 5.97 Å². The third-order valence-electron chi connectivity index (χ3n) is 2.09. The second kappa shape index (κ2) is 3.27. The van der Waals surface area contributed by atoms with Gasteiger partial charge in [-0.2, -0.15) is 0 Å². The zero-order chi connectivity index (χ0) is 11.2. The number of aromatic carboxylic acids is 1. The molecule has 1 aromatic carbocycles. The number of carbonyl (C=O) groups is 1. The SMILES string of the molecule is Cc1cc2c(Br)c(O)c(C(=O)O)cc2o1. The number of rotatable bonds is 1. The second-order valence-electron chi connectivity index (χ2n) is 3.16. The van der Waals surface area contributed by atoms with Gasteiger partial charge in [-0.25, -0.2) is 4.79 Å². The van der Waals surface area contributed by atoms with E-state index >= 15 is 0 Å². The molecule has 1 heterocycles. The number of aromatic hydroxyl groups is 1. The third-order valence-corrected chi connectivity index (χ3v) is 2.89. The number of carboxylic acid groups (broad SMARTS) is 1. The van der Waals surface area contributed by atoms with Gasteiger partial charge in [0.15, 0.2) is 0 Å². The summed E-state index contributed by atoms with van der Waals surface area (Å²) in [5.41, 5.74) is 0.262. The number of furan rings is 1. The fraction of sp³-hybridized carbons (Fsp3) is 0.100. The lowest BCUT2D eigenvalue weighted by molar-refractivity contribution is 0.0693. The topological polar surface area (TPSA) is 70.7 Å². The molecule has 4 nitrogen and oxygen atoms in total. The van der Waals surface area contributed by atoms with E-state index in [4.69, 9.17) is 9.52 Å². The lowest BCUT2D eigenvalue weighted by atomic mass is 10.1. The first-order valence-electron chi connectivity index (χ1n) is 4.15. The normalized spacial score (nSPS) is 10.8. The number of phenols is 1. The van der Waals surface area contributed by atoms with Gasteiger partial charge in [0.25, 0.3) is 0 Å². The minimum Gasteiger partial charge on any atom is -0.506 e. The molecule has 15 heavy (non-hydrogen) atoms. The molecule has 5 heteroatoms. The highest BCUT2D eigenvalue weighted by Crippen LogP contribution is 2.37. The number of halogens is 1. The molecule has 2 N–H and O–H groups in total. The molecule has 0 atom stereocenters. The molecule has 0 spiro atoms. The van der Waals surface area contributed by atoms with E-state index in [0.29, 0.717) is 21.2 Å². The molecular weight excluding hydrogens is 264 g/mol. The van der Waals surface area contributed by atoms with Crippen LogP contribution in [0.3, 0.4) is 0 Å². The van der Waals surface area contributed by atoms with Crippen molar-refractivity contribution < 1.29 is 19.4 Å². The summed E-state index contributed by atoms with van der Waals surface area (Å²) in [6, 6.07) is 3.04. The largest absolute Gasteiger partial charge is 0.506 e. The van der Waals surface area contributed by atoms with Crippen LogP contribution in [0.4, 0.5) is 0 Å². The Balaban J connectivity index is 2.87. The summed E-state index contributed by atoms with van der Waals surface area (Å²) < 4.78 is 5.63. The van der Waals surface area contributed by atoms with Crippen LogP contribution in [0.2, 0.25) is 0 Å². The molecule has 0 saturated carbocycles.